The summed E-state index contributed by atoms with van der Waals surface area (Å²) in [5.41, 5.74) is 1.40. The fourth-order valence-electron chi connectivity index (χ4n) is 1.89. The van der Waals surface area contributed by atoms with Gasteiger partial charge in [-0.15, -0.1) is 0 Å². The molecule has 1 aromatic carbocycles. The fraction of sp³-hybridized carbons (Fsp3) is 0.231. The summed E-state index contributed by atoms with van der Waals surface area (Å²) in [5.74, 6) is -0.110. The average Bonchev–Trinajstić information content (AvgIpc) is 2.93. The van der Waals surface area contributed by atoms with Gasteiger partial charge in [-0.1, -0.05) is 12.1 Å². The molecule has 0 amide bonds. The minimum Gasteiger partial charge on any atom is -0.409 e. The van der Waals surface area contributed by atoms with Crippen molar-refractivity contribution in [3.05, 3.63) is 34.4 Å². The summed E-state index contributed by atoms with van der Waals surface area (Å²) in [6.07, 6.45) is -4.57. The molecule has 116 valence electrons. The Bertz CT molecular complexity index is 793. The van der Waals surface area contributed by atoms with Crippen LogP contribution in [0.4, 0.5) is 13.2 Å². The van der Waals surface area contributed by atoms with Crippen LogP contribution in [-0.4, -0.2) is 20.9 Å². The van der Waals surface area contributed by atoms with Crippen LogP contribution in [0.5, 0.6) is 12.0 Å². The summed E-state index contributed by atoms with van der Waals surface area (Å²) in [7, 11) is 0. The van der Waals surface area contributed by atoms with E-state index < -0.39 is 12.7 Å². The molecule has 3 aromatic rings. The first-order valence-electron chi connectivity index (χ1n) is 6.16. The molecule has 0 saturated carbocycles. The van der Waals surface area contributed by atoms with Crippen molar-refractivity contribution in [2.24, 2.45) is 0 Å². The highest BCUT2D eigenvalue weighted by Gasteiger charge is 2.31. The van der Waals surface area contributed by atoms with Crippen LogP contribution < -0.4 is 4.74 Å². The second kappa shape index (κ2) is 5.31. The highest BCUT2D eigenvalue weighted by molar-refractivity contribution is 9.10. The third-order valence-electron chi connectivity index (χ3n) is 2.80. The van der Waals surface area contributed by atoms with Crippen molar-refractivity contribution in [2.75, 3.05) is 0 Å². The second-order valence-corrected chi connectivity index (χ2v) is 5.32. The summed E-state index contributed by atoms with van der Waals surface area (Å²) < 4.78 is 49.5. The van der Waals surface area contributed by atoms with E-state index in [1.54, 1.807) is 31.2 Å². The van der Waals surface area contributed by atoms with Gasteiger partial charge in [0.25, 0.3) is 0 Å². The van der Waals surface area contributed by atoms with Crippen LogP contribution in [0.3, 0.4) is 0 Å². The van der Waals surface area contributed by atoms with Gasteiger partial charge in [-0.3, -0.25) is 0 Å². The van der Waals surface area contributed by atoms with Crippen LogP contribution in [0, 0.1) is 6.92 Å². The van der Waals surface area contributed by atoms with Crippen molar-refractivity contribution in [1.29, 1.82) is 0 Å². The predicted octanol–water partition coefficient (Wildman–Crippen LogP) is 4.45. The van der Waals surface area contributed by atoms with E-state index >= 15 is 0 Å². The van der Waals surface area contributed by atoms with Crippen molar-refractivity contribution in [2.45, 2.75) is 19.6 Å². The first kappa shape index (κ1) is 14.9. The lowest BCUT2D eigenvalue weighted by molar-refractivity contribution is -0.143. The number of benzene rings is 1. The minimum atomic E-state index is -4.42. The van der Waals surface area contributed by atoms with Crippen LogP contribution in [0.25, 0.3) is 11.1 Å². The lowest BCUT2D eigenvalue weighted by Crippen LogP contribution is -2.19. The largest absolute Gasteiger partial charge is 0.409 e. The Kier molecular flexibility index (Phi) is 3.59. The molecule has 0 aliphatic carbocycles. The highest BCUT2D eigenvalue weighted by Crippen LogP contribution is 2.34. The second-order valence-electron chi connectivity index (χ2n) is 4.53. The molecule has 0 unspecified atom stereocenters. The molecule has 2 heterocycles. The highest BCUT2D eigenvalue weighted by atomic mass is 79.9. The van der Waals surface area contributed by atoms with E-state index in [1.165, 1.54) is 0 Å². The zero-order valence-corrected chi connectivity index (χ0v) is 12.8. The number of para-hydroxylation sites is 2. The van der Waals surface area contributed by atoms with Gasteiger partial charge < -0.3 is 9.15 Å². The zero-order chi connectivity index (χ0) is 15.9. The number of oxazole rings is 1. The fourth-order valence-corrected chi connectivity index (χ4v) is 2.26. The van der Waals surface area contributed by atoms with Crippen molar-refractivity contribution >= 4 is 27.0 Å². The van der Waals surface area contributed by atoms with Gasteiger partial charge in [-0.05, 0) is 35.0 Å². The molecule has 0 N–H and O–H groups in total. The van der Waals surface area contributed by atoms with Crippen LogP contribution in [0.2, 0.25) is 0 Å². The number of rotatable bonds is 3. The number of fused-ring (bicyclic) bond motifs is 1. The van der Waals surface area contributed by atoms with Crippen LogP contribution in [0.1, 0.15) is 5.69 Å². The Hall–Kier alpha value is -2.03. The lowest BCUT2D eigenvalue weighted by atomic mass is 10.3. The molecular weight excluding hydrogens is 367 g/mol. The van der Waals surface area contributed by atoms with Crippen molar-refractivity contribution < 1.29 is 22.3 Å². The van der Waals surface area contributed by atoms with Crippen LogP contribution in [0.15, 0.2) is 33.2 Å². The smallest absolute Gasteiger partial charge is 0.408 e. The van der Waals surface area contributed by atoms with Gasteiger partial charge >= 0.3 is 12.3 Å². The summed E-state index contributed by atoms with van der Waals surface area (Å²) in [6.45, 7) is 0.297. The van der Waals surface area contributed by atoms with Crippen molar-refractivity contribution in [3.8, 4) is 12.0 Å². The normalized spacial score (nSPS) is 12.0. The van der Waals surface area contributed by atoms with Crippen LogP contribution in [-0.2, 0) is 6.54 Å². The van der Waals surface area contributed by atoms with E-state index in [2.05, 4.69) is 26.0 Å². The Morgan fingerprint density at radius 2 is 2.05 bits per heavy atom. The molecule has 9 heteroatoms. The molecule has 0 bridgehead atoms. The quantitative estimate of drug-likeness (QED) is 0.678. The van der Waals surface area contributed by atoms with Crippen molar-refractivity contribution in [3.63, 3.8) is 0 Å². The van der Waals surface area contributed by atoms with Crippen LogP contribution >= 0.6 is 15.9 Å². The van der Waals surface area contributed by atoms with E-state index in [9.17, 15) is 13.2 Å². The Balaban J connectivity index is 1.97. The number of hydrogen-bond donors (Lipinski definition) is 0. The Morgan fingerprint density at radius 3 is 2.73 bits per heavy atom. The topological polar surface area (TPSA) is 53.1 Å². The number of halogens is 4. The number of ether oxygens (including phenoxy) is 1. The summed E-state index contributed by atoms with van der Waals surface area (Å²) >= 11 is 3.16. The molecule has 3 rings (SSSR count). The number of aryl methyl sites for hydroxylation is 1. The average molecular weight is 376 g/mol. The van der Waals surface area contributed by atoms with E-state index in [1.807, 2.05) is 0 Å². The molecular formula is C13H9BrF3N3O2. The molecule has 2 aromatic heterocycles. The van der Waals surface area contributed by atoms with Gasteiger partial charge in [0, 0.05) is 0 Å². The summed E-state index contributed by atoms with van der Waals surface area (Å²) in [6, 6.07) is 6.91. The summed E-state index contributed by atoms with van der Waals surface area (Å²) in [5, 5.41) is 3.80. The van der Waals surface area contributed by atoms with E-state index in [4.69, 9.17) is 9.15 Å². The molecule has 0 atom stereocenters. The van der Waals surface area contributed by atoms with Gasteiger partial charge in [-0.25, -0.2) is 4.68 Å². The van der Waals surface area contributed by atoms with Gasteiger partial charge in [0.1, 0.15) is 16.5 Å². The SMILES string of the molecule is Cc1nn(CC(F)(F)F)c(Oc2nc3ccccc3o2)c1Br. The maximum atomic E-state index is 12.6. The minimum absolute atomic E-state index is 0.110. The number of nitrogens with zero attached hydrogens (tertiary/aromatic N) is 3. The maximum Gasteiger partial charge on any atom is 0.408 e. The molecule has 22 heavy (non-hydrogen) atoms. The molecule has 0 fully saturated rings. The molecule has 0 saturated heterocycles. The van der Waals surface area contributed by atoms with E-state index in [0.717, 1.165) is 0 Å². The lowest BCUT2D eigenvalue weighted by Gasteiger charge is -2.09. The zero-order valence-electron chi connectivity index (χ0n) is 11.2. The molecule has 0 aliphatic heterocycles. The summed E-state index contributed by atoms with van der Waals surface area (Å²) in [4.78, 5) is 4.06. The molecule has 0 spiro atoms. The first-order chi connectivity index (χ1) is 10.3. The van der Waals surface area contributed by atoms with Gasteiger partial charge in [0.2, 0.25) is 5.88 Å². The monoisotopic (exact) mass is 375 g/mol. The van der Waals surface area contributed by atoms with E-state index in [0.29, 0.717) is 25.9 Å². The van der Waals surface area contributed by atoms with Gasteiger partial charge in [0.05, 0.1) is 5.69 Å². The number of aromatic nitrogens is 3. The maximum absolute atomic E-state index is 12.6. The first-order valence-corrected chi connectivity index (χ1v) is 6.96. The number of alkyl halides is 3. The van der Waals surface area contributed by atoms with Gasteiger partial charge in [-0.2, -0.15) is 23.3 Å². The third kappa shape index (κ3) is 2.94. The van der Waals surface area contributed by atoms with E-state index in [-0.39, 0.29) is 12.0 Å². The predicted molar refractivity (Wildman–Crippen MR) is 74.8 cm³/mol. The standard InChI is InChI=1S/C13H9BrF3N3O2/c1-7-10(14)11(20(19-7)6-13(15,16)17)22-12-18-8-4-2-3-5-9(8)21-12/h2-5H,6H2,1H3. The molecule has 5 nitrogen and oxygen atoms in total. The Morgan fingerprint density at radius 1 is 1.32 bits per heavy atom. The Labute approximate surface area is 130 Å². The molecule has 0 radical (unpaired) electrons. The van der Waals surface area contributed by atoms with Crippen molar-refractivity contribution in [1.82, 2.24) is 14.8 Å². The third-order valence-corrected chi connectivity index (χ3v) is 3.71. The molecule has 0 aliphatic rings. The van der Waals surface area contributed by atoms with Gasteiger partial charge in [0.15, 0.2) is 5.58 Å². The number of hydrogen-bond acceptors (Lipinski definition) is 4.